The molecule has 1 amide bonds. The summed E-state index contributed by atoms with van der Waals surface area (Å²) >= 11 is 0. The van der Waals surface area contributed by atoms with Crippen LogP contribution < -0.4 is 5.32 Å². The van der Waals surface area contributed by atoms with E-state index in [-0.39, 0.29) is 5.56 Å². The fourth-order valence-corrected chi connectivity index (χ4v) is 1.37. The smallest absolute Gasteiger partial charge is 0.326 e. The molecule has 2 N–H and O–H groups in total. The monoisotopic (exact) mass is 240 g/mol. The molecule has 0 fully saturated rings. The van der Waals surface area contributed by atoms with E-state index < -0.39 is 23.3 Å². The summed E-state index contributed by atoms with van der Waals surface area (Å²) in [5, 5.41) is 15.0. The quantitative estimate of drug-likeness (QED) is 0.828. The summed E-state index contributed by atoms with van der Waals surface area (Å²) in [5.41, 5.74) is -0.326. The third-order valence-electron chi connectivity index (χ3n) is 2.38. The van der Waals surface area contributed by atoms with E-state index in [9.17, 15) is 9.59 Å². The molecule has 0 unspecified atom stereocenters. The summed E-state index contributed by atoms with van der Waals surface area (Å²) < 4.78 is 4.76. The van der Waals surface area contributed by atoms with Gasteiger partial charge in [-0.25, -0.2) is 4.79 Å². The van der Waals surface area contributed by atoms with Gasteiger partial charge in [0.15, 0.2) is 0 Å². The van der Waals surface area contributed by atoms with Gasteiger partial charge in [0.2, 0.25) is 0 Å². The molecule has 0 aliphatic rings. The second-order valence-electron chi connectivity index (χ2n) is 4.91. The van der Waals surface area contributed by atoms with Crippen molar-refractivity contribution in [2.45, 2.75) is 33.7 Å². The van der Waals surface area contributed by atoms with Crippen molar-refractivity contribution >= 4 is 11.9 Å². The van der Waals surface area contributed by atoms with Crippen LogP contribution in [0, 0.1) is 12.3 Å². The highest BCUT2D eigenvalue weighted by molar-refractivity contribution is 5.97. The molecule has 0 bridgehead atoms. The first-order valence-electron chi connectivity index (χ1n) is 5.18. The summed E-state index contributed by atoms with van der Waals surface area (Å²) in [4.78, 5) is 22.9. The van der Waals surface area contributed by atoms with Gasteiger partial charge in [-0.15, -0.1) is 0 Å². The molecule has 0 saturated carbocycles. The van der Waals surface area contributed by atoms with Gasteiger partial charge < -0.3 is 14.9 Å². The fraction of sp³-hybridized carbons (Fsp3) is 0.545. The lowest BCUT2D eigenvalue weighted by Crippen LogP contribution is -2.49. The van der Waals surface area contributed by atoms with Crippen LogP contribution in [0.15, 0.2) is 10.7 Å². The zero-order valence-corrected chi connectivity index (χ0v) is 10.3. The molecule has 0 saturated heterocycles. The maximum atomic E-state index is 11.8. The van der Waals surface area contributed by atoms with E-state index in [4.69, 9.17) is 9.63 Å². The summed E-state index contributed by atoms with van der Waals surface area (Å²) in [6, 6.07) is -0.968. The molecule has 17 heavy (non-hydrogen) atoms. The Bertz CT molecular complexity index is 431. The van der Waals surface area contributed by atoms with Crippen LogP contribution in [0.2, 0.25) is 0 Å². The third kappa shape index (κ3) is 3.05. The molecular weight excluding hydrogens is 224 g/mol. The molecule has 6 nitrogen and oxygen atoms in total. The van der Waals surface area contributed by atoms with Gasteiger partial charge in [0.1, 0.15) is 17.4 Å². The standard InChI is InChI=1S/C11H16N2O4/c1-6-7(5-12-17-6)9(14)13-8(10(15)16)11(2,3)4/h5,8H,1-4H3,(H,13,14)(H,15,16)/t8-/m1/s1. The Hall–Kier alpha value is -1.85. The van der Waals surface area contributed by atoms with Gasteiger partial charge >= 0.3 is 5.97 Å². The first-order valence-corrected chi connectivity index (χ1v) is 5.18. The van der Waals surface area contributed by atoms with Gasteiger partial charge in [0, 0.05) is 0 Å². The number of nitrogens with zero attached hydrogens (tertiary/aromatic N) is 1. The van der Waals surface area contributed by atoms with E-state index in [0.717, 1.165) is 0 Å². The molecule has 1 aromatic heterocycles. The van der Waals surface area contributed by atoms with E-state index in [1.165, 1.54) is 6.20 Å². The minimum atomic E-state index is -1.07. The van der Waals surface area contributed by atoms with E-state index in [0.29, 0.717) is 5.76 Å². The molecule has 1 rings (SSSR count). The van der Waals surface area contributed by atoms with Crippen LogP contribution in [-0.4, -0.2) is 28.2 Å². The number of rotatable bonds is 3. The van der Waals surface area contributed by atoms with Gasteiger partial charge in [-0.2, -0.15) is 0 Å². The molecule has 0 spiro atoms. The Morgan fingerprint density at radius 1 is 1.47 bits per heavy atom. The van der Waals surface area contributed by atoms with E-state index >= 15 is 0 Å². The summed E-state index contributed by atoms with van der Waals surface area (Å²) in [6.45, 7) is 6.82. The summed E-state index contributed by atoms with van der Waals surface area (Å²) in [7, 11) is 0. The Morgan fingerprint density at radius 2 is 2.06 bits per heavy atom. The second kappa shape index (κ2) is 4.57. The highest BCUT2D eigenvalue weighted by Crippen LogP contribution is 2.20. The predicted molar refractivity (Wildman–Crippen MR) is 59.6 cm³/mol. The zero-order chi connectivity index (χ0) is 13.2. The van der Waals surface area contributed by atoms with Crippen molar-refractivity contribution in [1.29, 1.82) is 0 Å². The molecule has 0 radical (unpaired) electrons. The molecule has 0 aliphatic carbocycles. The molecule has 1 aromatic rings. The van der Waals surface area contributed by atoms with Crippen LogP contribution in [-0.2, 0) is 4.79 Å². The topological polar surface area (TPSA) is 92.4 Å². The largest absolute Gasteiger partial charge is 0.480 e. The molecule has 94 valence electrons. The average molecular weight is 240 g/mol. The maximum Gasteiger partial charge on any atom is 0.326 e. The maximum absolute atomic E-state index is 11.8. The van der Waals surface area contributed by atoms with Crippen molar-refractivity contribution in [3.63, 3.8) is 0 Å². The van der Waals surface area contributed by atoms with Crippen molar-refractivity contribution in [3.05, 3.63) is 17.5 Å². The first-order chi connectivity index (χ1) is 7.73. The highest BCUT2D eigenvalue weighted by Gasteiger charge is 2.33. The molecule has 1 heterocycles. The van der Waals surface area contributed by atoms with Crippen LogP contribution in [0.1, 0.15) is 36.9 Å². The Labute approximate surface area is 99.0 Å². The summed E-state index contributed by atoms with van der Waals surface area (Å²) in [5.74, 6) is -1.20. The number of hydrogen-bond acceptors (Lipinski definition) is 4. The van der Waals surface area contributed by atoms with Crippen molar-refractivity contribution in [2.24, 2.45) is 5.41 Å². The zero-order valence-electron chi connectivity index (χ0n) is 10.3. The molecule has 6 heteroatoms. The lowest BCUT2D eigenvalue weighted by atomic mass is 9.86. The van der Waals surface area contributed by atoms with Gasteiger partial charge in [-0.3, -0.25) is 4.79 Å². The van der Waals surface area contributed by atoms with Crippen LogP contribution >= 0.6 is 0 Å². The lowest BCUT2D eigenvalue weighted by molar-refractivity contribution is -0.142. The van der Waals surface area contributed by atoms with Crippen molar-refractivity contribution < 1.29 is 19.2 Å². The van der Waals surface area contributed by atoms with E-state index in [1.54, 1.807) is 27.7 Å². The van der Waals surface area contributed by atoms with Crippen LogP contribution in [0.25, 0.3) is 0 Å². The Balaban J connectivity index is 2.86. The fourth-order valence-electron chi connectivity index (χ4n) is 1.37. The summed E-state index contributed by atoms with van der Waals surface area (Å²) in [6.07, 6.45) is 1.27. The Kier molecular flexibility index (Phi) is 3.55. The number of aromatic nitrogens is 1. The van der Waals surface area contributed by atoms with Gasteiger partial charge in [-0.05, 0) is 12.3 Å². The number of amides is 1. The number of carbonyl (C=O) groups is 2. The highest BCUT2D eigenvalue weighted by atomic mass is 16.5. The van der Waals surface area contributed by atoms with Crippen molar-refractivity contribution in [2.75, 3.05) is 0 Å². The van der Waals surface area contributed by atoms with E-state index in [1.807, 2.05) is 0 Å². The Morgan fingerprint density at radius 3 is 2.41 bits per heavy atom. The average Bonchev–Trinajstić information content (AvgIpc) is 2.58. The van der Waals surface area contributed by atoms with Gasteiger partial charge in [-0.1, -0.05) is 25.9 Å². The SMILES string of the molecule is Cc1oncc1C(=O)N[C@H](C(=O)O)C(C)(C)C. The van der Waals surface area contributed by atoms with Gasteiger partial charge in [0.25, 0.3) is 5.91 Å². The van der Waals surface area contributed by atoms with Crippen molar-refractivity contribution in [1.82, 2.24) is 10.5 Å². The van der Waals surface area contributed by atoms with Crippen LogP contribution in [0.5, 0.6) is 0 Å². The number of carboxylic acids is 1. The molecular formula is C11H16N2O4. The minimum absolute atomic E-state index is 0.250. The molecule has 0 aromatic carbocycles. The van der Waals surface area contributed by atoms with Gasteiger partial charge in [0.05, 0.1) is 6.20 Å². The number of carboxylic acid groups (broad SMARTS) is 1. The minimum Gasteiger partial charge on any atom is -0.480 e. The predicted octanol–water partition coefficient (Wildman–Crippen LogP) is 1.21. The molecule has 0 aliphatic heterocycles. The normalized spacial score (nSPS) is 13.2. The van der Waals surface area contributed by atoms with Crippen LogP contribution in [0.3, 0.4) is 0 Å². The first kappa shape index (κ1) is 13.2. The second-order valence-corrected chi connectivity index (χ2v) is 4.91. The van der Waals surface area contributed by atoms with E-state index in [2.05, 4.69) is 10.5 Å². The lowest BCUT2D eigenvalue weighted by Gasteiger charge is -2.27. The number of aliphatic carboxylic acids is 1. The third-order valence-corrected chi connectivity index (χ3v) is 2.38. The molecule has 1 atom stereocenters. The number of aryl methyl sites for hydroxylation is 1. The number of hydrogen-bond donors (Lipinski definition) is 2. The number of carbonyl (C=O) groups excluding carboxylic acids is 1. The van der Waals surface area contributed by atoms with Crippen LogP contribution in [0.4, 0.5) is 0 Å². The number of nitrogens with one attached hydrogen (secondary N) is 1. The van der Waals surface area contributed by atoms with Crippen molar-refractivity contribution in [3.8, 4) is 0 Å².